The number of hydrogen-bond acceptors (Lipinski definition) is 2. The third kappa shape index (κ3) is 5.19. The Balaban J connectivity index is 3.83. The lowest BCUT2D eigenvalue weighted by Crippen LogP contribution is -2.28. The van der Waals surface area contributed by atoms with Crippen LogP contribution >= 0.6 is 0 Å². The minimum absolute atomic E-state index is 0.0551. The number of esters is 1. The van der Waals surface area contributed by atoms with Gasteiger partial charge in [-0.15, -0.1) is 0 Å². The summed E-state index contributed by atoms with van der Waals surface area (Å²) in [6.07, 6.45) is 8.06. The Morgan fingerprint density at radius 2 is 1.73 bits per heavy atom. The molecule has 0 N–H and O–H groups in total. The smallest absolute Gasteiger partial charge is 0.311 e. The maximum Gasteiger partial charge on any atom is 0.311 e. The maximum absolute atomic E-state index is 11.6. The van der Waals surface area contributed by atoms with E-state index in [1.54, 1.807) is 0 Å². The third-order valence-electron chi connectivity index (χ3n) is 3.29. The van der Waals surface area contributed by atoms with Gasteiger partial charge in [-0.3, -0.25) is 4.79 Å². The highest BCUT2D eigenvalue weighted by Crippen LogP contribution is 2.29. The van der Waals surface area contributed by atoms with Crippen molar-refractivity contribution in [3.63, 3.8) is 0 Å². The van der Waals surface area contributed by atoms with Crippen molar-refractivity contribution in [2.24, 2.45) is 5.41 Å². The zero-order valence-electron chi connectivity index (χ0n) is 10.8. The second-order valence-corrected chi connectivity index (χ2v) is 4.57. The summed E-state index contributed by atoms with van der Waals surface area (Å²) in [4.78, 5) is 11.6. The molecule has 1 unspecified atom stereocenters. The zero-order valence-corrected chi connectivity index (χ0v) is 10.8. The Morgan fingerprint density at radius 3 is 2.20 bits per heavy atom. The third-order valence-corrected chi connectivity index (χ3v) is 3.29. The van der Waals surface area contributed by atoms with E-state index in [1.165, 1.54) is 32.8 Å². The molecule has 15 heavy (non-hydrogen) atoms. The number of hydrogen-bond donors (Lipinski definition) is 0. The standard InChI is InChI=1S/C13H26O2/c1-5-7-8-9-10-11-13(3,6-2)12(14)15-4/h5-11H2,1-4H3. The number of rotatable bonds is 8. The fourth-order valence-corrected chi connectivity index (χ4v) is 1.79. The number of methoxy groups -OCH3 is 1. The minimum Gasteiger partial charge on any atom is -0.469 e. The number of carbonyl (C=O) groups excluding carboxylic acids is 1. The predicted octanol–water partition coefficient (Wildman–Crippen LogP) is 3.94. The second-order valence-electron chi connectivity index (χ2n) is 4.57. The van der Waals surface area contributed by atoms with Crippen molar-refractivity contribution in [2.45, 2.75) is 65.7 Å². The van der Waals surface area contributed by atoms with E-state index in [0.29, 0.717) is 0 Å². The molecule has 0 aliphatic carbocycles. The lowest BCUT2D eigenvalue weighted by molar-refractivity contribution is -0.152. The molecule has 0 aliphatic rings. The highest BCUT2D eigenvalue weighted by atomic mass is 16.5. The maximum atomic E-state index is 11.6. The van der Waals surface area contributed by atoms with Crippen molar-refractivity contribution in [2.75, 3.05) is 7.11 Å². The zero-order chi connectivity index (χ0) is 11.7. The molecule has 0 saturated carbocycles. The first-order valence-electron chi connectivity index (χ1n) is 6.19. The summed E-state index contributed by atoms with van der Waals surface area (Å²) in [6, 6.07) is 0. The van der Waals surface area contributed by atoms with Crippen LogP contribution in [-0.2, 0) is 9.53 Å². The van der Waals surface area contributed by atoms with Crippen LogP contribution in [-0.4, -0.2) is 13.1 Å². The van der Waals surface area contributed by atoms with Crippen molar-refractivity contribution in [1.29, 1.82) is 0 Å². The largest absolute Gasteiger partial charge is 0.469 e. The van der Waals surface area contributed by atoms with Crippen LogP contribution in [0.3, 0.4) is 0 Å². The fraction of sp³-hybridized carbons (Fsp3) is 0.923. The number of unbranched alkanes of at least 4 members (excludes halogenated alkanes) is 4. The summed E-state index contributed by atoms with van der Waals surface area (Å²) in [5.41, 5.74) is -0.263. The molecule has 2 heteroatoms. The molecule has 0 radical (unpaired) electrons. The van der Waals surface area contributed by atoms with Crippen LogP contribution in [0.5, 0.6) is 0 Å². The lowest BCUT2D eigenvalue weighted by Gasteiger charge is -2.24. The summed E-state index contributed by atoms with van der Waals surface area (Å²) in [5, 5.41) is 0. The molecular weight excluding hydrogens is 188 g/mol. The van der Waals surface area contributed by atoms with Gasteiger partial charge in [0.2, 0.25) is 0 Å². The molecular formula is C13H26O2. The van der Waals surface area contributed by atoms with Gasteiger partial charge in [-0.05, 0) is 19.8 Å². The van der Waals surface area contributed by atoms with Crippen molar-refractivity contribution in [3.8, 4) is 0 Å². The van der Waals surface area contributed by atoms with Crippen molar-refractivity contribution < 1.29 is 9.53 Å². The van der Waals surface area contributed by atoms with Gasteiger partial charge in [-0.1, -0.05) is 46.0 Å². The summed E-state index contributed by atoms with van der Waals surface area (Å²) in [6.45, 7) is 6.28. The highest BCUT2D eigenvalue weighted by molar-refractivity contribution is 5.76. The first-order valence-corrected chi connectivity index (χ1v) is 6.19. The topological polar surface area (TPSA) is 26.3 Å². The van der Waals surface area contributed by atoms with Crippen LogP contribution in [0.15, 0.2) is 0 Å². The molecule has 0 aromatic rings. The molecule has 0 spiro atoms. The van der Waals surface area contributed by atoms with Crippen LogP contribution < -0.4 is 0 Å². The summed E-state index contributed by atoms with van der Waals surface area (Å²) >= 11 is 0. The molecule has 0 aromatic carbocycles. The molecule has 1 atom stereocenters. The van der Waals surface area contributed by atoms with E-state index in [-0.39, 0.29) is 11.4 Å². The molecule has 0 heterocycles. The average Bonchev–Trinajstić information content (AvgIpc) is 2.27. The summed E-state index contributed by atoms with van der Waals surface area (Å²) < 4.78 is 4.85. The van der Waals surface area contributed by atoms with E-state index in [2.05, 4.69) is 13.8 Å². The van der Waals surface area contributed by atoms with Gasteiger partial charge in [0.1, 0.15) is 0 Å². The Bertz CT molecular complexity index is 177. The Morgan fingerprint density at radius 1 is 1.13 bits per heavy atom. The van der Waals surface area contributed by atoms with Crippen molar-refractivity contribution >= 4 is 5.97 Å². The summed E-state index contributed by atoms with van der Waals surface area (Å²) in [5.74, 6) is -0.0551. The summed E-state index contributed by atoms with van der Waals surface area (Å²) in [7, 11) is 1.48. The molecule has 2 nitrogen and oxygen atoms in total. The van der Waals surface area contributed by atoms with Crippen LogP contribution in [0, 0.1) is 5.41 Å². The van der Waals surface area contributed by atoms with Gasteiger partial charge in [0.25, 0.3) is 0 Å². The minimum atomic E-state index is -0.263. The van der Waals surface area contributed by atoms with Crippen LogP contribution in [0.4, 0.5) is 0 Å². The van der Waals surface area contributed by atoms with Crippen molar-refractivity contribution in [3.05, 3.63) is 0 Å². The van der Waals surface area contributed by atoms with Gasteiger partial charge in [0, 0.05) is 0 Å². The fourth-order valence-electron chi connectivity index (χ4n) is 1.79. The molecule has 0 rings (SSSR count). The first-order chi connectivity index (χ1) is 7.10. The molecule has 0 aliphatic heterocycles. The Hall–Kier alpha value is -0.530. The van der Waals surface area contributed by atoms with Gasteiger partial charge in [0.05, 0.1) is 12.5 Å². The SMILES string of the molecule is CCCCCCCC(C)(CC)C(=O)OC. The second kappa shape index (κ2) is 7.72. The van der Waals surface area contributed by atoms with E-state index in [1.807, 2.05) is 6.92 Å². The normalized spacial score (nSPS) is 14.7. The highest BCUT2D eigenvalue weighted by Gasteiger charge is 2.31. The Labute approximate surface area is 94.4 Å². The first kappa shape index (κ1) is 14.5. The van der Waals surface area contributed by atoms with Gasteiger partial charge >= 0.3 is 5.97 Å². The molecule has 0 aromatic heterocycles. The number of ether oxygens (including phenoxy) is 1. The quantitative estimate of drug-likeness (QED) is 0.452. The number of carbonyl (C=O) groups is 1. The van der Waals surface area contributed by atoms with Gasteiger partial charge in [-0.25, -0.2) is 0 Å². The molecule has 0 bridgehead atoms. The van der Waals surface area contributed by atoms with E-state index >= 15 is 0 Å². The average molecular weight is 214 g/mol. The van der Waals surface area contributed by atoms with E-state index in [0.717, 1.165) is 19.3 Å². The molecule has 0 fully saturated rings. The van der Waals surface area contributed by atoms with Crippen LogP contribution in [0.25, 0.3) is 0 Å². The Kier molecular flexibility index (Phi) is 7.45. The van der Waals surface area contributed by atoms with Crippen molar-refractivity contribution in [1.82, 2.24) is 0 Å². The van der Waals surface area contributed by atoms with E-state index in [4.69, 9.17) is 4.74 Å². The molecule has 0 saturated heterocycles. The monoisotopic (exact) mass is 214 g/mol. The van der Waals surface area contributed by atoms with Crippen LogP contribution in [0.2, 0.25) is 0 Å². The molecule has 0 amide bonds. The van der Waals surface area contributed by atoms with E-state index in [9.17, 15) is 4.79 Å². The van der Waals surface area contributed by atoms with Gasteiger partial charge in [-0.2, -0.15) is 0 Å². The van der Waals surface area contributed by atoms with E-state index < -0.39 is 0 Å². The predicted molar refractivity (Wildman–Crippen MR) is 63.8 cm³/mol. The van der Waals surface area contributed by atoms with Gasteiger partial charge in [0.15, 0.2) is 0 Å². The molecule has 90 valence electrons. The lowest BCUT2D eigenvalue weighted by atomic mass is 9.82. The van der Waals surface area contributed by atoms with Crippen LogP contribution in [0.1, 0.15) is 65.7 Å². The van der Waals surface area contributed by atoms with Gasteiger partial charge < -0.3 is 4.74 Å².